The number of piperidine rings is 2. The molecule has 2 saturated heterocycles. The van der Waals surface area contributed by atoms with Crippen LogP contribution in [0.5, 0.6) is 5.75 Å². The Labute approximate surface area is 155 Å². The Morgan fingerprint density at radius 1 is 1.04 bits per heavy atom. The van der Waals surface area contributed by atoms with Gasteiger partial charge in [-0.1, -0.05) is 24.6 Å². The van der Waals surface area contributed by atoms with Crippen LogP contribution in [-0.4, -0.2) is 29.6 Å². The molecule has 0 saturated carbocycles. The largest absolute Gasteiger partial charge is 0.487 e. The lowest BCUT2D eigenvalue weighted by Gasteiger charge is -2.46. The molecule has 3 aliphatic heterocycles. The number of nitriles is 1. The SMILES string of the molecule is N#Cc1ccc(-c2ccc3c(c2)C[C@@]2(CCN4CCCC[C@@H]4C2)O3)cc1. The summed E-state index contributed by atoms with van der Waals surface area (Å²) < 4.78 is 6.54. The fourth-order valence-corrected chi connectivity index (χ4v) is 5.07. The first-order valence-corrected chi connectivity index (χ1v) is 9.81. The monoisotopic (exact) mass is 344 g/mol. The Bertz CT molecular complexity index is 867. The fourth-order valence-electron chi connectivity index (χ4n) is 5.07. The lowest BCUT2D eigenvalue weighted by atomic mass is 9.80. The summed E-state index contributed by atoms with van der Waals surface area (Å²) in [4.78, 5) is 2.68. The van der Waals surface area contributed by atoms with Crippen LogP contribution in [0.2, 0.25) is 0 Å². The minimum atomic E-state index is 0.0180. The summed E-state index contributed by atoms with van der Waals surface area (Å²) in [6.45, 7) is 2.46. The Balaban J connectivity index is 1.39. The topological polar surface area (TPSA) is 36.3 Å². The van der Waals surface area contributed by atoms with Crippen molar-refractivity contribution in [2.75, 3.05) is 13.1 Å². The highest BCUT2D eigenvalue weighted by Crippen LogP contribution is 2.45. The Morgan fingerprint density at radius 2 is 1.88 bits per heavy atom. The van der Waals surface area contributed by atoms with Crippen molar-refractivity contribution >= 4 is 0 Å². The van der Waals surface area contributed by atoms with Gasteiger partial charge in [0.25, 0.3) is 0 Å². The van der Waals surface area contributed by atoms with Crippen LogP contribution >= 0.6 is 0 Å². The number of hydrogen-bond acceptors (Lipinski definition) is 3. The third-order valence-corrected chi connectivity index (χ3v) is 6.46. The van der Waals surface area contributed by atoms with E-state index in [0.717, 1.165) is 24.2 Å². The molecule has 0 N–H and O–H groups in total. The molecule has 2 aromatic rings. The minimum Gasteiger partial charge on any atom is -0.487 e. The van der Waals surface area contributed by atoms with Gasteiger partial charge in [-0.25, -0.2) is 0 Å². The molecule has 0 aromatic heterocycles. The second kappa shape index (κ2) is 6.14. The maximum Gasteiger partial charge on any atom is 0.123 e. The third kappa shape index (κ3) is 2.70. The smallest absolute Gasteiger partial charge is 0.123 e. The first-order valence-electron chi connectivity index (χ1n) is 9.81. The minimum absolute atomic E-state index is 0.0180. The quantitative estimate of drug-likeness (QED) is 0.761. The Morgan fingerprint density at radius 3 is 2.73 bits per heavy atom. The van der Waals surface area contributed by atoms with E-state index in [1.165, 1.54) is 49.9 Å². The second-order valence-electron chi connectivity index (χ2n) is 8.11. The summed E-state index contributed by atoms with van der Waals surface area (Å²) >= 11 is 0. The predicted octanol–water partition coefficient (Wildman–Crippen LogP) is 4.55. The number of ether oxygens (including phenoxy) is 1. The van der Waals surface area contributed by atoms with E-state index in [2.05, 4.69) is 29.2 Å². The zero-order valence-corrected chi connectivity index (χ0v) is 15.1. The van der Waals surface area contributed by atoms with Gasteiger partial charge in [-0.05, 0) is 60.3 Å². The summed E-state index contributed by atoms with van der Waals surface area (Å²) in [6.07, 6.45) is 7.42. The van der Waals surface area contributed by atoms with E-state index in [0.29, 0.717) is 11.6 Å². The molecule has 132 valence electrons. The molecule has 0 radical (unpaired) electrons. The molecule has 0 amide bonds. The molecule has 3 heteroatoms. The highest BCUT2D eigenvalue weighted by atomic mass is 16.5. The third-order valence-electron chi connectivity index (χ3n) is 6.46. The molecule has 26 heavy (non-hydrogen) atoms. The van der Waals surface area contributed by atoms with Crippen LogP contribution in [0.15, 0.2) is 42.5 Å². The second-order valence-corrected chi connectivity index (χ2v) is 8.11. The first kappa shape index (κ1) is 15.9. The van der Waals surface area contributed by atoms with Crippen molar-refractivity contribution in [3.63, 3.8) is 0 Å². The lowest BCUT2D eigenvalue weighted by Crippen LogP contribution is -2.54. The molecular formula is C23H24N2O. The molecule has 2 fully saturated rings. The van der Waals surface area contributed by atoms with Gasteiger partial charge < -0.3 is 9.64 Å². The van der Waals surface area contributed by atoms with Crippen molar-refractivity contribution in [1.82, 2.24) is 4.90 Å². The molecule has 2 atom stereocenters. The predicted molar refractivity (Wildman–Crippen MR) is 102 cm³/mol. The molecule has 3 heterocycles. The summed E-state index contributed by atoms with van der Waals surface area (Å²) in [5.41, 5.74) is 4.44. The molecule has 0 bridgehead atoms. The van der Waals surface area contributed by atoms with E-state index in [4.69, 9.17) is 10.00 Å². The van der Waals surface area contributed by atoms with Crippen LogP contribution in [0.25, 0.3) is 11.1 Å². The van der Waals surface area contributed by atoms with Gasteiger partial charge in [0.15, 0.2) is 0 Å². The molecule has 3 aliphatic rings. The van der Waals surface area contributed by atoms with Gasteiger partial charge in [-0.2, -0.15) is 5.26 Å². The molecule has 2 aromatic carbocycles. The molecule has 3 nitrogen and oxygen atoms in total. The summed E-state index contributed by atoms with van der Waals surface area (Å²) in [5, 5.41) is 8.98. The van der Waals surface area contributed by atoms with Crippen molar-refractivity contribution < 1.29 is 4.74 Å². The zero-order valence-electron chi connectivity index (χ0n) is 15.1. The van der Waals surface area contributed by atoms with Gasteiger partial charge in [-0.3, -0.25) is 0 Å². The van der Waals surface area contributed by atoms with Gasteiger partial charge in [0.05, 0.1) is 11.6 Å². The zero-order chi connectivity index (χ0) is 17.6. The standard InChI is InChI=1S/C23H24N2O/c24-16-17-4-6-18(7-5-17)19-8-9-22-20(13-19)14-23(26-22)10-12-25-11-2-1-3-21(25)15-23/h4-9,13,21H,1-3,10-12,14-15H2/t21-,23-/m1/s1. The van der Waals surface area contributed by atoms with Crippen LogP contribution in [0, 0.1) is 11.3 Å². The molecule has 5 rings (SSSR count). The van der Waals surface area contributed by atoms with E-state index >= 15 is 0 Å². The van der Waals surface area contributed by atoms with Gasteiger partial charge >= 0.3 is 0 Å². The number of fused-ring (bicyclic) bond motifs is 2. The van der Waals surface area contributed by atoms with E-state index in [9.17, 15) is 0 Å². The molecule has 0 aliphatic carbocycles. The van der Waals surface area contributed by atoms with Crippen LogP contribution in [0.1, 0.15) is 43.2 Å². The summed E-state index contributed by atoms with van der Waals surface area (Å²) in [7, 11) is 0. The number of benzene rings is 2. The average molecular weight is 344 g/mol. The summed E-state index contributed by atoms with van der Waals surface area (Å²) in [6, 6.07) is 17.3. The number of nitrogens with zero attached hydrogens (tertiary/aromatic N) is 2. The normalized spacial score (nSPS) is 27.4. The first-order chi connectivity index (χ1) is 12.7. The van der Waals surface area contributed by atoms with Crippen LogP contribution in [0.3, 0.4) is 0 Å². The van der Waals surface area contributed by atoms with Crippen molar-refractivity contribution in [3.05, 3.63) is 53.6 Å². The maximum absolute atomic E-state index is 8.98. The van der Waals surface area contributed by atoms with E-state index in [1.54, 1.807) is 0 Å². The van der Waals surface area contributed by atoms with E-state index < -0.39 is 0 Å². The number of rotatable bonds is 1. The highest BCUT2D eigenvalue weighted by molar-refractivity contribution is 5.67. The van der Waals surface area contributed by atoms with Crippen LogP contribution < -0.4 is 4.74 Å². The van der Waals surface area contributed by atoms with Gasteiger partial charge in [0.1, 0.15) is 11.4 Å². The van der Waals surface area contributed by atoms with Crippen molar-refractivity contribution in [2.45, 2.75) is 50.2 Å². The van der Waals surface area contributed by atoms with E-state index in [1.807, 2.05) is 24.3 Å². The van der Waals surface area contributed by atoms with Gasteiger partial charge in [0, 0.05) is 31.8 Å². The molecule has 0 unspecified atom stereocenters. The highest BCUT2D eigenvalue weighted by Gasteiger charge is 2.46. The van der Waals surface area contributed by atoms with Crippen LogP contribution in [-0.2, 0) is 6.42 Å². The lowest BCUT2D eigenvalue weighted by molar-refractivity contribution is -0.0249. The maximum atomic E-state index is 8.98. The van der Waals surface area contributed by atoms with E-state index in [-0.39, 0.29) is 5.60 Å². The Hall–Kier alpha value is -2.31. The molecule has 1 spiro atoms. The van der Waals surface area contributed by atoms with Crippen molar-refractivity contribution in [3.8, 4) is 22.9 Å². The van der Waals surface area contributed by atoms with Crippen molar-refractivity contribution in [2.24, 2.45) is 0 Å². The average Bonchev–Trinajstić information content (AvgIpc) is 3.04. The van der Waals surface area contributed by atoms with Crippen molar-refractivity contribution in [1.29, 1.82) is 5.26 Å². The van der Waals surface area contributed by atoms with Crippen LogP contribution in [0.4, 0.5) is 0 Å². The number of hydrogen-bond donors (Lipinski definition) is 0. The fraction of sp³-hybridized carbons (Fsp3) is 0.435. The van der Waals surface area contributed by atoms with Gasteiger partial charge in [-0.15, -0.1) is 0 Å². The Kier molecular flexibility index (Phi) is 3.76. The summed E-state index contributed by atoms with van der Waals surface area (Å²) in [5.74, 6) is 1.08. The molecular weight excluding hydrogens is 320 g/mol. The van der Waals surface area contributed by atoms with Gasteiger partial charge in [0.2, 0.25) is 0 Å².